The van der Waals surface area contributed by atoms with Gasteiger partial charge in [0, 0.05) is 31.5 Å². The van der Waals surface area contributed by atoms with Gasteiger partial charge in [-0.2, -0.15) is 0 Å². The summed E-state index contributed by atoms with van der Waals surface area (Å²) in [5.74, 6) is -2.18. The van der Waals surface area contributed by atoms with Crippen LogP contribution in [0, 0.1) is 23.0 Å². The summed E-state index contributed by atoms with van der Waals surface area (Å²) in [7, 11) is 0. The van der Waals surface area contributed by atoms with Crippen LogP contribution in [0.1, 0.15) is 43.8 Å². The van der Waals surface area contributed by atoms with Gasteiger partial charge in [0.05, 0.1) is 11.6 Å². The molecule has 1 aromatic heterocycles. The Balaban J connectivity index is 1.64. The molecule has 0 bridgehead atoms. The molecule has 5 rings (SSSR count). The topological polar surface area (TPSA) is 78.6 Å². The number of aliphatic hydroxyl groups is 1. The van der Waals surface area contributed by atoms with Crippen LogP contribution < -0.4 is 5.32 Å². The first-order valence-electron chi connectivity index (χ1n) is 12.4. The molecule has 196 valence electrons. The van der Waals surface area contributed by atoms with E-state index in [-0.39, 0.29) is 31.0 Å². The van der Waals surface area contributed by atoms with Crippen LogP contribution in [0.3, 0.4) is 0 Å². The highest BCUT2D eigenvalue weighted by atomic mass is 19.1. The molecule has 9 heteroatoms. The SMILES string of the molecule is CC(C)(C)[C@@H](c1nc(-c2cc(F)ccc2F)oc1Cc1ccccc1)N1C[C@@H]2C(NC[C@@H]2F)[C@H](O)C1=O. The van der Waals surface area contributed by atoms with Crippen LogP contribution in [0.5, 0.6) is 0 Å². The molecule has 3 heterocycles. The summed E-state index contributed by atoms with van der Waals surface area (Å²) in [6, 6.07) is 11.1. The van der Waals surface area contributed by atoms with Gasteiger partial charge in [-0.15, -0.1) is 0 Å². The molecule has 0 aliphatic carbocycles. The summed E-state index contributed by atoms with van der Waals surface area (Å²) >= 11 is 0. The second kappa shape index (κ2) is 9.61. The van der Waals surface area contributed by atoms with Crippen LogP contribution in [-0.2, 0) is 11.2 Å². The van der Waals surface area contributed by atoms with E-state index in [9.17, 15) is 23.1 Å². The van der Waals surface area contributed by atoms with Crippen molar-refractivity contribution in [1.29, 1.82) is 0 Å². The van der Waals surface area contributed by atoms with Gasteiger partial charge in [0.25, 0.3) is 5.91 Å². The van der Waals surface area contributed by atoms with Gasteiger partial charge in [0.1, 0.15) is 35.4 Å². The molecule has 2 aliphatic rings. The number of aliphatic hydroxyl groups excluding tert-OH is 1. The van der Waals surface area contributed by atoms with Gasteiger partial charge in [0.2, 0.25) is 5.89 Å². The molecule has 0 saturated carbocycles. The number of oxazole rings is 1. The maximum Gasteiger partial charge on any atom is 0.253 e. The highest BCUT2D eigenvalue weighted by Gasteiger charge is 2.52. The summed E-state index contributed by atoms with van der Waals surface area (Å²) in [6.07, 6.45) is -2.33. The Morgan fingerprint density at radius 2 is 1.92 bits per heavy atom. The Morgan fingerprint density at radius 1 is 1.19 bits per heavy atom. The highest BCUT2D eigenvalue weighted by molar-refractivity contribution is 5.83. The number of amides is 1. The maximum atomic E-state index is 14.7. The summed E-state index contributed by atoms with van der Waals surface area (Å²) in [5, 5.41) is 13.7. The van der Waals surface area contributed by atoms with E-state index in [0.29, 0.717) is 11.5 Å². The fraction of sp³-hybridized carbons (Fsp3) is 0.429. The van der Waals surface area contributed by atoms with Gasteiger partial charge in [-0.05, 0) is 29.2 Å². The largest absolute Gasteiger partial charge is 0.440 e. The minimum absolute atomic E-state index is 0.0694. The number of piperidine rings is 1. The minimum Gasteiger partial charge on any atom is -0.440 e. The van der Waals surface area contributed by atoms with Crippen molar-refractivity contribution in [3.05, 3.63) is 77.2 Å². The second-order valence-corrected chi connectivity index (χ2v) is 10.9. The van der Waals surface area contributed by atoms with E-state index in [4.69, 9.17) is 4.42 Å². The third-order valence-corrected chi connectivity index (χ3v) is 7.24. The van der Waals surface area contributed by atoms with Crippen LogP contribution in [0.4, 0.5) is 13.2 Å². The number of carbonyl (C=O) groups is 1. The average molecular weight is 514 g/mol. The first-order chi connectivity index (χ1) is 17.5. The van der Waals surface area contributed by atoms with Crippen LogP contribution in [0.15, 0.2) is 52.9 Å². The standard InChI is InChI=1S/C28H30F3N3O3/c1-28(2,3)25(34-14-18-20(31)13-32-22(18)24(35)27(34)36)23-21(11-15-7-5-4-6-8-15)37-26(33-23)17-12-16(29)9-10-19(17)30/h4-10,12,18,20,22,24-25,32,35H,11,13-14H2,1-3H3/t18-,20-,22?,24-,25+/m0/s1. The van der Waals surface area contributed by atoms with E-state index in [2.05, 4.69) is 10.3 Å². The molecule has 0 radical (unpaired) electrons. The van der Waals surface area contributed by atoms with Gasteiger partial charge >= 0.3 is 0 Å². The number of nitrogens with zero attached hydrogens (tertiary/aromatic N) is 2. The number of nitrogens with one attached hydrogen (secondary N) is 1. The monoisotopic (exact) mass is 513 g/mol. The molecule has 2 N–H and O–H groups in total. The van der Waals surface area contributed by atoms with Crippen molar-refractivity contribution in [2.75, 3.05) is 13.1 Å². The van der Waals surface area contributed by atoms with E-state index in [1.807, 2.05) is 51.1 Å². The number of rotatable bonds is 5. The molecule has 2 saturated heterocycles. The summed E-state index contributed by atoms with van der Waals surface area (Å²) < 4.78 is 49.5. The van der Waals surface area contributed by atoms with Crippen molar-refractivity contribution in [2.45, 2.75) is 51.6 Å². The zero-order valence-corrected chi connectivity index (χ0v) is 20.9. The van der Waals surface area contributed by atoms with Crippen molar-refractivity contribution in [3.63, 3.8) is 0 Å². The number of likely N-dealkylation sites (tertiary alicyclic amines) is 1. The predicted molar refractivity (Wildman–Crippen MR) is 131 cm³/mol. The van der Waals surface area contributed by atoms with Crippen LogP contribution in [-0.4, -0.2) is 52.3 Å². The highest BCUT2D eigenvalue weighted by Crippen LogP contribution is 2.44. The predicted octanol–water partition coefficient (Wildman–Crippen LogP) is 4.43. The zero-order chi connectivity index (χ0) is 26.5. The van der Waals surface area contributed by atoms with Gasteiger partial charge in [-0.1, -0.05) is 51.1 Å². The molecule has 0 spiro atoms. The number of halogens is 3. The lowest BCUT2D eigenvalue weighted by Crippen LogP contribution is -2.60. The van der Waals surface area contributed by atoms with Crippen molar-refractivity contribution < 1.29 is 27.5 Å². The maximum absolute atomic E-state index is 14.7. The molecule has 5 atom stereocenters. The summed E-state index contributed by atoms with van der Waals surface area (Å²) in [5.41, 5.74) is 0.505. The normalized spacial score (nSPS) is 24.8. The molecule has 1 amide bonds. The smallest absolute Gasteiger partial charge is 0.253 e. The van der Waals surface area contributed by atoms with E-state index in [0.717, 1.165) is 23.8 Å². The molecule has 1 unspecified atom stereocenters. The number of aromatic nitrogens is 1. The van der Waals surface area contributed by atoms with Gasteiger partial charge in [-0.3, -0.25) is 4.79 Å². The lowest BCUT2D eigenvalue weighted by molar-refractivity contribution is -0.155. The lowest BCUT2D eigenvalue weighted by atomic mass is 9.79. The number of hydrogen-bond acceptors (Lipinski definition) is 5. The molecular formula is C28H30F3N3O3. The third-order valence-electron chi connectivity index (χ3n) is 7.24. The Kier molecular flexibility index (Phi) is 6.62. The Morgan fingerprint density at radius 3 is 2.62 bits per heavy atom. The molecule has 2 fully saturated rings. The molecule has 6 nitrogen and oxygen atoms in total. The first kappa shape index (κ1) is 25.5. The molecule has 37 heavy (non-hydrogen) atoms. The van der Waals surface area contributed by atoms with E-state index >= 15 is 0 Å². The van der Waals surface area contributed by atoms with E-state index in [1.165, 1.54) is 4.90 Å². The van der Waals surface area contributed by atoms with Crippen molar-refractivity contribution in [2.24, 2.45) is 11.3 Å². The van der Waals surface area contributed by atoms with Crippen LogP contribution >= 0.6 is 0 Å². The number of fused-ring (bicyclic) bond motifs is 1. The fourth-order valence-electron chi connectivity index (χ4n) is 5.51. The summed E-state index contributed by atoms with van der Waals surface area (Å²) in [4.78, 5) is 19.5. The van der Waals surface area contributed by atoms with E-state index < -0.39 is 53.2 Å². The Bertz CT molecular complexity index is 1290. The molecule has 2 aromatic carbocycles. The van der Waals surface area contributed by atoms with Crippen molar-refractivity contribution in [1.82, 2.24) is 15.2 Å². The molecular weight excluding hydrogens is 483 g/mol. The fourth-order valence-corrected chi connectivity index (χ4v) is 5.51. The van der Waals surface area contributed by atoms with Gasteiger partial charge < -0.3 is 19.7 Å². The summed E-state index contributed by atoms with van der Waals surface area (Å²) in [6.45, 7) is 5.88. The lowest BCUT2D eigenvalue weighted by Gasteiger charge is -2.46. The first-order valence-corrected chi connectivity index (χ1v) is 12.4. The van der Waals surface area contributed by atoms with Crippen molar-refractivity contribution >= 4 is 5.91 Å². The number of benzene rings is 2. The van der Waals surface area contributed by atoms with Crippen LogP contribution in [0.2, 0.25) is 0 Å². The average Bonchev–Trinajstić information content (AvgIpc) is 3.42. The number of carbonyl (C=O) groups excluding carboxylic acids is 1. The van der Waals surface area contributed by atoms with Gasteiger partial charge in [0.15, 0.2) is 0 Å². The Labute approximate surface area is 213 Å². The van der Waals surface area contributed by atoms with Crippen molar-refractivity contribution in [3.8, 4) is 11.5 Å². The van der Waals surface area contributed by atoms with Crippen LogP contribution in [0.25, 0.3) is 11.5 Å². The van der Waals surface area contributed by atoms with Gasteiger partial charge in [-0.25, -0.2) is 18.2 Å². The Hall–Kier alpha value is -3.17. The molecule has 2 aliphatic heterocycles. The number of alkyl halides is 1. The molecule has 3 aromatic rings. The third kappa shape index (κ3) is 4.78. The van der Waals surface area contributed by atoms with E-state index in [1.54, 1.807) is 0 Å². The zero-order valence-electron chi connectivity index (χ0n) is 20.9. The quantitative estimate of drug-likeness (QED) is 0.528. The number of hydrogen-bond donors (Lipinski definition) is 2. The minimum atomic E-state index is -1.41. The second-order valence-electron chi connectivity index (χ2n) is 10.9.